The van der Waals surface area contributed by atoms with E-state index in [9.17, 15) is 24.9 Å². The number of benzene rings is 1. The zero-order valence-corrected chi connectivity index (χ0v) is 23.6. The van der Waals surface area contributed by atoms with Crippen LogP contribution in [-0.2, 0) is 4.79 Å². The molecule has 1 aromatic carbocycles. The third-order valence-electron chi connectivity index (χ3n) is 12.0. The Bertz CT molecular complexity index is 1070. The van der Waals surface area contributed by atoms with Crippen molar-refractivity contribution in [1.82, 2.24) is 0 Å². The maximum Gasteiger partial charge on any atom is 0.336 e. The molecule has 0 radical (unpaired) electrons. The Kier molecular flexibility index (Phi) is 7.45. The van der Waals surface area contributed by atoms with Crippen LogP contribution in [0.25, 0.3) is 0 Å². The highest BCUT2D eigenvalue weighted by Gasteiger charge is 2.62. The molecule has 4 aliphatic rings. The van der Waals surface area contributed by atoms with Crippen LogP contribution in [0.2, 0.25) is 0 Å². The van der Waals surface area contributed by atoms with Crippen molar-refractivity contribution in [1.29, 1.82) is 0 Å². The standard InChI is InChI=1S/C32H47NO5/c1-18-5-7-21(17-23(18)30(37)38)33-28(36)10-6-19(2)24-8-9-25-29-26(12-14-32(24,25)4)31(3)13-11-22(34)15-20(31)16-27(29)35/h5,7,17,19-20,22,24-27,29,34-35H,6,8-16H2,1-4H3,(H,33,36)(H,37,38)/t19?,20?,22-,24-,25?,26?,27-,29?,31+,32-/m1/s1. The zero-order valence-electron chi connectivity index (χ0n) is 23.6. The van der Waals surface area contributed by atoms with Crippen molar-refractivity contribution in [2.24, 2.45) is 46.3 Å². The predicted molar refractivity (Wildman–Crippen MR) is 148 cm³/mol. The summed E-state index contributed by atoms with van der Waals surface area (Å²) in [4.78, 5) is 24.2. The van der Waals surface area contributed by atoms with E-state index in [1.807, 2.05) is 0 Å². The Hall–Kier alpha value is -1.92. The first-order valence-corrected chi connectivity index (χ1v) is 14.9. The summed E-state index contributed by atoms with van der Waals surface area (Å²) < 4.78 is 0. The van der Waals surface area contributed by atoms with Crippen molar-refractivity contribution in [3.8, 4) is 0 Å². The van der Waals surface area contributed by atoms with Gasteiger partial charge in [0.1, 0.15) is 0 Å². The molecule has 0 spiro atoms. The van der Waals surface area contributed by atoms with Gasteiger partial charge in [-0.2, -0.15) is 0 Å². The first-order valence-electron chi connectivity index (χ1n) is 14.9. The molecular weight excluding hydrogens is 478 g/mol. The first kappa shape index (κ1) is 27.6. The monoisotopic (exact) mass is 525 g/mol. The lowest BCUT2D eigenvalue weighted by Gasteiger charge is -2.62. The lowest BCUT2D eigenvalue weighted by atomic mass is 9.43. The number of aliphatic hydroxyl groups excluding tert-OH is 2. The van der Waals surface area contributed by atoms with Gasteiger partial charge in [0.2, 0.25) is 5.91 Å². The van der Waals surface area contributed by atoms with Crippen LogP contribution in [0.5, 0.6) is 0 Å². The maximum absolute atomic E-state index is 12.8. The molecule has 10 atom stereocenters. The molecule has 1 aromatic rings. The van der Waals surface area contributed by atoms with Crippen molar-refractivity contribution in [3.05, 3.63) is 29.3 Å². The molecule has 4 aliphatic carbocycles. The Morgan fingerprint density at radius 1 is 1.03 bits per heavy atom. The Balaban J connectivity index is 1.23. The molecule has 6 heteroatoms. The fourth-order valence-corrected chi connectivity index (χ4v) is 9.89. The van der Waals surface area contributed by atoms with Crippen LogP contribution in [0, 0.1) is 53.3 Å². The number of hydrogen-bond acceptors (Lipinski definition) is 4. The van der Waals surface area contributed by atoms with Crippen LogP contribution in [0.1, 0.15) is 101 Å². The molecule has 4 fully saturated rings. The molecule has 0 aliphatic heterocycles. The number of carboxylic acids is 1. The number of aryl methyl sites for hydroxylation is 1. The van der Waals surface area contributed by atoms with Crippen LogP contribution in [0.3, 0.4) is 0 Å². The van der Waals surface area contributed by atoms with Crippen LogP contribution >= 0.6 is 0 Å². The Morgan fingerprint density at radius 2 is 1.74 bits per heavy atom. The van der Waals surface area contributed by atoms with E-state index in [1.54, 1.807) is 19.1 Å². The molecule has 1 amide bonds. The number of hydrogen-bond donors (Lipinski definition) is 4. The smallest absolute Gasteiger partial charge is 0.336 e. The Morgan fingerprint density at radius 3 is 2.47 bits per heavy atom. The molecule has 4 N–H and O–H groups in total. The van der Waals surface area contributed by atoms with Crippen molar-refractivity contribution in [2.75, 3.05) is 5.32 Å². The van der Waals surface area contributed by atoms with Crippen molar-refractivity contribution in [3.63, 3.8) is 0 Å². The van der Waals surface area contributed by atoms with Crippen LogP contribution in [-0.4, -0.2) is 39.4 Å². The molecule has 38 heavy (non-hydrogen) atoms. The van der Waals surface area contributed by atoms with E-state index in [4.69, 9.17) is 0 Å². The largest absolute Gasteiger partial charge is 0.478 e. The SMILES string of the molecule is Cc1ccc(NC(=O)CCC(C)[C@H]2CCC3C4C(CC[C@@]32C)[C@@]2(C)CC[C@@H](O)CC2C[C@H]4O)cc1C(=O)O. The minimum absolute atomic E-state index is 0.0680. The summed E-state index contributed by atoms with van der Waals surface area (Å²) in [5.74, 6) is 1.77. The van der Waals surface area contributed by atoms with Gasteiger partial charge in [0.15, 0.2) is 0 Å². The van der Waals surface area contributed by atoms with Crippen molar-refractivity contribution in [2.45, 2.75) is 104 Å². The van der Waals surface area contributed by atoms with Gasteiger partial charge in [-0.25, -0.2) is 4.79 Å². The van der Waals surface area contributed by atoms with E-state index >= 15 is 0 Å². The van der Waals surface area contributed by atoms with Gasteiger partial charge in [0.25, 0.3) is 0 Å². The molecule has 6 nitrogen and oxygen atoms in total. The molecule has 5 rings (SSSR count). The molecule has 4 saturated carbocycles. The highest BCUT2D eigenvalue weighted by atomic mass is 16.4. The van der Waals surface area contributed by atoms with Gasteiger partial charge < -0.3 is 20.6 Å². The highest BCUT2D eigenvalue weighted by Crippen LogP contribution is 2.68. The molecule has 0 aromatic heterocycles. The quantitative estimate of drug-likeness (QED) is 0.362. The fourth-order valence-electron chi connectivity index (χ4n) is 9.89. The van der Waals surface area contributed by atoms with Crippen LogP contribution in [0.4, 0.5) is 5.69 Å². The summed E-state index contributed by atoms with van der Waals surface area (Å²) in [5.41, 5.74) is 1.86. The van der Waals surface area contributed by atoms with E-state index in [0.717, 1.165) is 32.1 Å². The number of anilines is 1. The summed E-state index contributed by atoms with van der Waals surface area (Å²) >= 11 is 0. The van der Waals surface area contributed by atoms with Crippen LogP contribution < -0.4 is 5.32 Å². The van der Waals surface area contributed by atoms with Gasteiger partial charge in [0, 0.05) is 12.1 Å². The summed E-state index contributed by atoms with van der Waals surface area (Å²) in [6.07, 6.45) is 9.12. The molecular formula is C32H47NO5. The fraction of sp³-hybridized carbons (Fsp3) is 0.750. The number of aliphatic hydroxyl groups is 2. The second kappa shape index (κ2) is 10.2. The topological polar surface area (TPSA) is 107 Å². The number of nitrogens with one attached hydrogen (secondary N) is 1. The van der Waals surface area contributed by atoms with Crippen molar-refractivity contribution >= 4 is 17.6 Å². The van der Waals surface area contributed by atoms with Gasteiger partial charge in [0.05, 0.1) is 17.8 Å². The lowest BCUT2D eigenvalue weighted by Crippen LogP contribution is -2.58. The number of carbonyl (C=O) groups excluding carboxylic acids is 1. The summed E-state index contributed by atoms with van der Waals surface area (Å²) in [5, 5.41) is 34.0. The molecule has 210 valence electrons. The number of carboxylic acid groups (broad SMARTS) is 1. The minimum Gasteiger partial charge on any atom is -0.478 e. The number of aromatic carboxylic acids is 1. The summed E-state index contributed by atoms with van der Waals surface area (Å²) in [6.45, 7) is 8.97. The first-order chi connectivity index (χ1) is 17.9. The number of fused-ring (bicyclic) bond motifs is 5. The van der Waals surface area contributed by atoms with E-state index in [2.05, 4.69) is 26.1 Å². The van der Waals surface area contributed by atoms with E-state index in [0.29, 0.717) is 53.2 Å². The highest BCUT2D eigenvalue weighted by molar-refractivity contribution is 5.94. The van der Waals surface area contributed by atoms with Gasteiger partial charge in [-0.05, 0) is 129 Å². The van der Waals surface area contributed by atoms with Gasteiger partial charge in [-0.15, -0.1) is 0 Å². The summed E-state index contributed by atoms with van der Waals surface area (Å²) in [6, 6.07) is 5.03. The third-order valence-corrected chi connectivity index (χ3v) is 12.0. The number of amides is 1. The predicted octanol–water partition coefficient (Wildman–Crippen LogP) is 6.04. The van der Waals surface area contributed by atoms with Gasteiger partial charge >= 0.3 is 5.97 Å². The average Bonchev–Trinajstić information content (AvgIpc) is 3.22. The second-order valence-electron chi connectivity index (χ2n) is 13.9. The maximum atomic E-state index is 12.8. The molecule has 0 saturated heterocycles. The van der Waals surface area contributed by atoms with Gasteiger partial charge in [-0.3, -0.25) is 4.79 Å². The lowest BCUT2D eigenvalue weighted by molar-refractivity contribution is -0.174. The summed E-state index contributed by atoms with van der Waals surface area (Å²) in [7, 11) is 0. The molecule has 0 bridgehead atoms. The second-order valence-corrected chi connectivity index (χ2v) is 13.9. The van der Waals surface area contributed by atoms with E-state index in [-0.39, 0.29) is 34.5 Å². The molecule has 0 heterocycles. The van der Waals surface area contributed by atoms with E-state index in [1.165, 1.54) is 31.7 Å². The van der Waals surface area contributed by atoms with Gasteiger partial charge in [-0.1, -0.05) is 26.8 Å². The Labute approximate surface area is 227 Å². The zero-order chi connectivity index (χ0) is 27.4. The third kappa shape index (κ3) is 4.70. The number of rotatable bonds is 6. The normalized spacial score (nSPS) is 40.9. The van der Waals surface area contributed by atoms with Crippen molar-refractivity contribution < 1.29 is 24.9 Å². The van der Waals surface area contributed by atoms with E-state index < -0.39 is 5.97 Å². The average molecular weight is 526 g/mol. The van der Waals surface area contributed by atoms with Crippen LogP contribution in [0.15, 0.2) is 18.2 Å². The molecule has 5 unspecified atom stereocenters. The minimum atomic E-state index is -0.986. The number of carbonyl (C=O) groups is 2.